The quantitative estimate of drug-likeness (QED) is 0.139. The highest BCUT2D eigenvalue weighted by atomic mass is 16.8. The fourth-order valence-electron chi connectivity index (χ4n) is 12.5. The van der Waals surface area contributed by atoms with Crippen LogP contribution in [0.25, 0.3) is 0 Å². The van der Waals surface area contributed by atoms with Crippen molar-refractivity contribution in [1.29, 1.82) is 0 Å². The zero-order chi connectivity index (χ0) is 41.4. The van der Waals surface area contributed by atoms with Crippen LogP contribution in [0.4, 0.5) is 0 Å². The van der Waals surface area contributed by atoms with Gasteiger partial charge in [-0.2, -0.15) is 0 Å². The van der Waals surface area contributed by atoms with Gasteiger partial charge in [-0.3, -0.25) is 9.59 Å². The van der Waals surface area contributed by atoms with Gasteiger partial charge in [0.1, 0.15) is 24.4 Å². The van der Waals surface area contributed by atoms with Crippen LogP contribution >= 0.6 is 0 Å². The van der Waals surface area contributed by atoms with E-state index in [0.29, 0.717) is 25.7 Å². The van der Waals surface area contributed by atoms with E-state index in [1.807, 2.05) is 6.08 Å². The molecule has 0 radical (unpaired) electrons. The second-order valence-electron chi connectivity index (χ2n) is 18.9. The summed E-state index contributed by atoms with van der Waals surface area (Å²) in [4.78, 5) is 50.3. The third-order valence-corrected chi connectivity index (χ3v) is 15.4. The van der Waals surface area contributed by atoms with Crippen molar-refractivity contribution >= 4 is 23.7 Å². The summed E-state index contributed by atoms with van der Waals surface area (Å²) in [6.07, 6.45) is -10.0. The SMILES string of the molecule is CC(OC(C(=O)O)C(O)C(O)OC1OC(C(=O)O)C(O)C(O)C1O)OC1CCC2(C)C(CCC3(C)C4CCC5(C)CCC(C(=O)O)CC5C4=CC(=O)C32)C1(C)C. The molecule has 0 aromatic heterocycles. The molecule has 16 heteroatoms. The van der Waals surface area contributed by atoms with Crippen molar-refractivity contribution < 1.29 is 79.0 Å². The number of aliphatic hydroxyl groups is 5. The molecule has 1 heterocycles. The molecule has 1 saturated heterocycles. The Balaban J connectivity index is 1.14. The Kier molecular flexibility index (Phi) is 11.7. The molecule has 6 rings (SSSR count). The fourth-order valence-corrected chi connectivity index (χ4v) is 12.5. The highest BCUT2D eigenvalue weighted by molar-refractivity contribution is 5.95. The van der Waals surface area contributed by atoms with Crippen molar-refractivity contribution in [2.75, 3.05) is 0 Å². The molecule has 18 atom stereocenters. The lowest BCUT2D eigenvalue weighted by Gasteiger charge is -2.67. The standard InChI is InChI=1S/C40H60O16/c1-17(54-30(34(50)51)28(45)35(52)56-36-27(44)25(42)26(43)29(55-36)33(48)49)53-24-10-14-40(6)23(37(24,2)3)9-13-39(5)20-8-12-38(4)11-7-18(32(46)47)15-21(38)19(20)16-22(41)31(39)40/h16-18,20-21,23-31,35-36,42-45,52H,7-15H2,1-6H3,(H,46,47)(H,48,49)(H,50,51). The normalized spacial score (nSPS) is 45.4. The third kappa shape index (κ3) is 7.14. The van der Waals surface area contributed by atoms with Gasteiger partial charge >= 0.3 is 17.9 Å². The van der Waals surface area contributed by atoms with Gasteiger partial charge < -0.3 is 59.8 Å². The topological polar surface area (TPSA) is 267 Å². The molecule has 8 N–H and O–H groups in total. The number of ketones is 1. The fraction of sp³-hybridized carbons (Fsp3) is 0.850. The van der Waals surface area contributed by atoms with Crippen LogP contribution in [0.5, 0.6) is 0 Å². The van der Waals surface area contributed by atoms with Crippen LogP contribution < -0.4 is 0 Å². The monoisotopic (exact) mass is 796 g/mol. The summed E-state index contributed by atoms with van der Waals surface area (Å²) in [5, 5.41) is 80.7. The molecule has 18 unspecified atom stereocenters. The van der Waals surface area contributed by atoms with E-state index in [1.165, 1.54) is 6.92 Å². The first-order chi connectivity index (χ1) is 26.0. The molecule has 5 aliphatic carbocycles. The number of aliphatic hydroxyl groups excluding tert-OH is 5. The van der Waals surface area contributed by atoms with E-state index in [4.69, 9.17) is 18.9 Å². The molecule has 16 nitrogen and oxygen atoms in total. The van der Waals surface area contributed by atoms with E-state index in [0.717, 1.165) is 37.7 Å². The maximum atomic E-state index is 14.5. The van der Waals surface area contributed by atoms with Gasteiger partial charge in [-0.15, -0.1) is 0 Å². The Morgan fingerprint density at radius 3 is 2.07 bits per heavy atom. The number of carbonyl (C=O) groups is 4. The van der Waals surface area contributed by atoms with Gasteiger partial charge in [0.25, 0.3) is 0 Å². The maximum Gasteiger partial charge on any atom is 0.335 e. The number of allylic oxidation sites excluding steroid dienone is 2. The summed E-state index contributed by atoms with van der Waals surface area (Å²) >= 11 is 0. The van der Waals surface area contributed by atoms with Crippen LogP contribution in [0.1, 0.15) is 99.3 Å². The number of carboxylic acids is 3. The minimum atomic E-state index is -2.42. The van der Waals surface area contributed by atoms with Crippen molar-refractivity contribution in [3.05, 3.63) is 11.6 Å². The summed E-state index contributed by atoms with van der Waals surface area (Å²) in [5.74, 6) is -4.38. The van der Waals surface area contributed by atoms with E-state index >= 15 is 0 Å². The van der Waals surface area contributed by atoms with Crippen molar-refractivity contribution in [3.8, 4) is 0 Å². The predicted octanol–water partition coefficient (Wildman–Crippen LogP) is 2.06. The molecule has 1 aliphatic heterocycles. The van der Waals surface area contributed by atoms with Crippen LogP contribution in [0.3, 0.4) is 0 Å². The van der Waals surface area contributed by atoms with Gasteiger partial charge in [0, 0.05) is 5.92 Å². The molecule has 6 aliphatic rings. The van der Waals surface area contributed by atoms with Gasteiger partial charge in [-0.1, -0.05) is 40.2 Å². The molecule has 56 heavy (non-hydrogen) atoms. The van der Waals surface area contributed by atoms with Crippen LogP contribution in [-0.4, -0.2) is 126 Å². The van der Waals surface area contributed by atoms with Crippen molar-refractivity contribution in [2.45, 2.75) is 161 Å². The second-order valence-corrected chi connectivity index (χ2v) is 18.9. The molecule has 4 saturated carbocycles. The van der Waals surface area contributed by atoms with Crippen LogP contribution in [0, 0.1) is 51.2 Å². The van der Waals surface area contributed by atoms with Gasteiger partial charge in [0.15, 0.2) is 36.9 Å². The number of hydrogen-bond donors (Lipinski definition) is 8. The first-order valence-corrected chi connectivity index (χ1v) is 19.9. The second kappa shape index (κ2) is 15.2. The first kappa shape index (κ1) is 43.0. The summed E-state index contributed by atoms with van der Waals surface area (Å²) in [6, 6.07) is 0. The summed E-state index contributed by atoms with van der Waals surface area (Å²) in [6.45, 7) is 12.4. The van der Waals surface area contributed by atoms with Crippen LogP contribution in [0.15, 0.2) is 11.6 Å². The van der Waals surface area contributed by atoms with Gasteiger partial charge in [0.05, 0.1) is 12.0 Å². The average Bonchev–Trinajstić information content (AvgIpc) is 3.10. The average molecular weight is 797 g/mol. The van der Waals surface area contributed by atoms with Gasteiger partial charge in [-0.25, -0.2) is 9.59 Å². The minimum Gasteiger partial charge on any atom is -0.481 e. The van der Waals surface area contributed by atoms with E-state index in [-0.39, 0.29) is 45.7 Å². The van der Waals surface area contributed by atoms with Crippen LogP contribution in [0.2, 0.25) is 0 Å². The van der Waals surface area contributed by atoms with Crippen molar-refractivity contribution in [3.63, 3.8) is 0 Å². The number of aliphatic carboxylic acids is 3. The smallest absolute Gasteiger partial charge is 0.335 e. The predicted molar refractivity (Wildman–Crippen MR) is 192 cm³/mol. The molecular weight excluding hydrogens is 736 g/mol. The zero-order valence-corrected chi connectivity index (χ0v) is 32.9. The number of ether oxygens (including phenoxy) is 4. The Labute approximate surface area is 326 Å². The van der Waals surface area contributed by atoms with E-state index < -0.39 is 90.8 Å². The largest absolute Gasteiger partial charge is 0.481 e. The molecule has 0 aromatic rings. The number of carboxylic acid groups (broad SMARTS) is 3. The summed E-state index contributed by atoms with van der Waals surface area (Å²) < 4.78 is 22.0. The summed E-state index contributed by atoms with van der Waals surface area (Å²) in [7, 11) is 0. The van der Waals surface area contributed by atoms with Crippen molar-refractivity contribution in [1.82, 2.24) is 0 Å². The highest BCUT2D eigenvalue weighted by Crippen LogP contribution is 2.71. The third-order valence-electron chi connectivity index (χ3n) is 15.4. The number of hydrogen-bond acceptors (Lipinski definition) is 13. The van der Waals surface area contributed by atoms with Crippen LogP contribution in [-0.2, 0) is 38.1 Å². The molecule has 0 aromatic carbocycles. The van der Waals surface area contributed by atoms with E-state index in [2.05, 4.69) is 34.6 Å². The van der Waals surface area contributed by atoms with Crippen molar-refractivity contribution in [2.24, 2.45) is 51.2 Å². The van der Waals surface area contributed by atoms with E-state index in [1.54, 1.807) is 0 Å². The minimum absolute atomic E-state index is 0.0121. The number of carbonyl (C=O) groups excluding carboxylic acids is 1. The molecular formula is C40H60O16. The maximum absolute atomic E-state index is 14.5. The van der Waals surface area contributed by atoms with Gasteiger partial charge in [-0.05, 0) is 110 Å². The number of rotatable bonds is 11. The first-order valence-electron chi connectivity index (χ1n) is 19.9. The summed E-state index contributed by atoms with van der Waals surface area (Å²) in [5.41, 5.74) is -0.0380. The zero-order valence-electron chi connectivity index (χ0n) is 32.9. The molecule has 0 bridgehead atoms. The Bertz CT molecular complexity index is 1580. The molecule has 5 fully saturated rings. The lowest BCUT2D eigenvalue weighted by Crippen LogP contribution is -2.64. The lowest BCUT2D eigenvalue weighted by atomic mass is 9.37. The van der Waals surface area contributed by atoms with E-state index in [9.17, 15) is 60.0 Å². The highest BCUT2D eigenvalue weighted by Gasteiger charge is 2.67. The Morgan fingerprint density at radius 2 is 1.45 bits per heavy atom. The molecule has 0 amide bonds. The molecule has 316 valence electrons. The Morgan fingerprint density at radius 1 is 0.804 bits per heavy atom. The molecule has 0 spiro atoms. The van der Waals surface area contributed by atoms with Gasteiger partial charge in [0.2, 0.25) is 0 Å². The lowest BCUT2D eigenvalue weighted by molar-refractivity contribution is -0.342. The number of fused-ring (bicyclic) bond motifs is 7. The Hall–Kier alpha value is -2.54.